The van der Waals surface area contributed by atoms with E-state index in [-0.39, 0.29) is 12.3 Å². The third-order valence-electron chi connectivity index (χ3n) is 2.60. The van der Waals surface area contributed by atoms with Gasteiger partial charge in [-0.05, 0) is 24.1 Å². The Kier molecular flexibility index (Phi) is 4.36. The lowest BCUT2D eigenvalue weighted by atomic mass is 10.1. The summed E-state index contributed by atoms with van der Waals surface area (Å²) in [6.45, 7) is 0.858. The minimum atomic E-state index is -0.125. The SMILES string of the molecule is [N-]=[N+]=NCCCNC(=O)Cc1noc2ccccc12. The summed E-state index contributed by atoms with van der Waals surface area (Å²) in [4.78, 5) is 14.3. The summed E-state index contributed by atoms with van der Waals surface area (Å²) in [5.74, 6) is -0.125. The van der Waals surface area contributed by atoms with E-state index in [1.807, 2.05) is 24.3 Å². The van der Waals surface area contributed by atoms with Crippen molar-refractivity contribution in [1.29, 1.82) is 0 Å². The average molecular weight is 259 g/mol. The molecule has 0 spiro atoms. The summed E-state index contributed by atoms with van der Waals surface area (Å²) < 4.78 is 5.12. The predicted octanol–water partition coefficient (Wildman–Crippen LogP) is 2.19. The molecular formula is C12H13N5O2. The van der Waals surface area contributed by atoms with Gasteiger partial charge in [-0.1, -0.05) is 22.4 Å². The summed E-state index contributed by atoms with van der Waals surface area (Å²) in [7, 11) is 0. The number of para-hydroxylation sites is 1. The van der Waals surface area contributed by atoms with Gasteiger partial charge in [0.05, 0.1) is 6.42 Å². The largest absolute Gasteiger partial charge is 0.356 e. The topological polar surface area (TPSA) is 104 Å². The molecule has 19 heavy (non-hydrogen) atoms. The zero-order valence-corrected chi connectivity index (χ0v) is 10.2. The Morgan fingerprint density at radius 2 is 2.32 bits per heavy atom. The molecule has 0 atom stereocenters. The van der Waals surface area contributed by atoms with E-state index in [4.69, 9.17) is 10.1 Å². The smallest absolute Gasteiger partial charge is 0.226 e. The number of hydrogen-bond donors (Lipinski definition) is 1. The highest BCUT2D eigenvalue weighted by Crippen LogP contribution is 2.17. The molecule has 2 rings (SSSR count). The van der Waals surface area contributed by atoms with Crippen molar-refractivity contribution < 1.29 is 9.32 Å². The minimum absolute atomic E-state index is 0.125. The maximum absolute atomic E-state index is 11.7. The number of rotatable bonds is 6. The number of azide groups is 1. The van der Waals surface area contributed by atoms with Gasteiger partial charge >= 0.3 is 0 Å². The highest BCUT2D eigenvalue weighted by atomic mass is 16.5. The van der Waals surface area contributed by atoms with E-state index in [0.29, 0.717) is 30.8 Å². The quantitative estimate of drug-likeness (QED) is 0.372. The van der Waals surface area contributed by atoms with Crippen LogP contribution in [0.15, 0.2) is 33.9 Å². The van der Waals surface area contributed by atoms with Crippen LogP contribution in [-0.2, 0) is 11.2 Å². The molecule has 1 amide bonds. The van der Waals surface area contributed by atoms with Crippen molar-refractivity contribution in [2.45, 2.75) is 12.8 Å². The van der Waals surface area contributed by atoms with Gasteiger partial charge in [0.15, 0.2) is 5.58 Å². The third kappa shape index (κ3) is 3.46. The van der Waals surface area contributed by atoms with Gasteiger partial charge in [-0.2, -0.15) is 0 Å². The Bertz CT molecular complexity index is 615. The predicted molar refractivity (Wildman–Crippen MR) is 69.4 cm³/mol. The zero-order chi connectivity index (χ0) is 13.5. The number of amides is 1. The Labute approximate surface area is 109 Å². The molecular weight excluding hydrogens is 246 g/mol. The second-order valence-corrected chi connectivity index (χ2v) is 3.96. The van der Waals surface area contributed by atoms with E-state index in [9.17, 15) is 4.79 Å². The number of aromatic nitrogens is 1. The van der Waals surface area contributed by atoms with Crippen molar-refractivity contribution in [3.05, 3.63) is 40.4 Å². The number of nitrogens with one attached hydrogen (secondary N) is 1. The first-order valence-electron chi connectivity index (χ1n) is 5.92. The van der Waals surface area contributed by atoms with Crippen molar-refractivity contribution in [3.8, 4) is 0 Å². The fourth-order valence-electron chi connectivity index (χ4n) is 1.70. The lowest BCUT2D eigenvalue weighted by molar-refractivity contribution is -0.120. The van der Waals surface area contributed by atoms with E-state index in [2.05, 4.69) is 20.5 Å². The number of fused-ring (bicyclic) bond motifs is 1. The second kappa shape index (κ2) is 6.42. The Balaban J connectivity index is 1.87. The molecule has 0 saturated carbocycles. The van der Waals surface area contributed by atoms with Gasteiger partial charge in [-0.15, -0.1) is 0 Å². The van der Waals surface area contributed by atoms with Crippen LogP contribution in [0.1, 0.15) is 12.1 Å². The molecule has 98 valence electrons. The van der Waals surface area contributed by atoms with Crippen LogP contribution in [0.25, 0.3) is 21.4 Å². The van der Waals surface area contributed by atoms with Crippen LogP contribution in [0.4, 0.5) is 0 Å². The van der Waals surface area contributed by atoms with Crippen molar-refractivity contribution in [2.75, 3.05) is 13.1 Å². The first-order chi connectivity index (χ1) is 9.31. The van der Waals surface area contributed by atoms with E-state index in [1.165, 1.54) is 0 Å². The standard InChI is InChI=1S/C12H13N5O2/c13-17-15-7-3-6-14-12(18)8-10-9-4-1-2-5-11(9)19-16-10/h1-2,4-5H,3,6-8H2,(H,14,18). The molecule has 0 radical (unpaired) electrons. The Morgan fingerprint density at radius 3 is 3.16 bits per heavy atom. The molecule has 1 aromatic carbocycles. The zero-order valence-electron chi connectivity index (χ0n) is 10.2. The average Bonchev–Trinajstić information content (AvgIpc) is 2.82. The van der Waals surface area contributed by atoms with Gasteiger partial charge < -0.3 is 9.84 Å². The van der Waals surface area contributed by atoms with E-state index in [1.54, 1.807) is 0 Å². The lowest BCUT2D eigenvalue weighted by Crippen LogP contribution is -2.26. The fraction of sp³-hybridized carbons (Fsp3) is 0.333. The maximum atomic E-state index is 11.7. The summed E-state index contributed by atoms with van der Waals surface area (Å²) in [5, 5.41) is 10.9. The molecule has 2 aromatic rings. The molecule has 0 saturated heterocycles. The number of carbonyl (C=O) groups is 1. The molecule has 0 fully saturated rings. The first kappa shape index (κ1) is 12.9. The second-order valence-electron chi connectivity index (χ2n) is 3.96. The molecule has 0 aliphatic carbocycles. The highest BCUT2D eigenvalue weighted by molar-refractivity contribution is 5.86. The van der Waals surface area contributed by atoms with Crippen molar-refractivity contribution in [3.63, 3.8) is 0 Å². The van der Waals surface area contributed by atoms with Gasteiger partial charge in [-0.25, -0.2) is 0 Å². The molecule has 0 aliphatic rings. The van der Waals surface area contributed by atoms with Crippen LogP contribution in [0.5, 0.6) is 0 Å². The maximum Gasteiger partial charge on any atom is 0.226 e. The van der Waals surface area contributed by atoms with Gasteiger partial charge in [-0.3, -0.25) is 4.79 Å². The number of nitrogens with zero attached hydrogens (tertiary/aromatic N) is 4. The molecule has 0 aliphatic heterocycles. The molecule has 1 N–H and O–H groups in total. The molecule has 7 heteroatoms. The molecule has 1 aromatic heterocycles. The summed E-state index contributed by atoms with van der Waals surface area (Å²) >= 11 is 0. The van der Waals surface area contributed by atoms with Gasteiger partial charge in [0.25, 0.3) is 0 Å². The number of benzene rings is 1. The lowest BCUT2D eigenvalue weighted by Gasteiger charge is -2.01. The fourth-order valence-corrected chi connectivity index (χ4v) is 1.70. The molecule has 0 unspecified atom stereocenters. The Morgan fingerprint density at radius 1 is 1.47 bits per heavy atom. The summed E-state index contributed by atoms with van der Waals surface area (Å²) in [6, 6.07) is 7.41. The van der Waals surface area contributed by atoms with E-state index < -0.39 is 0 Å². The van der Waals surface area contributed by atoms with Crippen LogP contribution < -0.4 is 5.32 Å². The van der Waals surface area contributed by atoms with Crippen molar-refractivity contribution in [2.24, 2.45) is 5.11 Å². The van der Waals surface area contributed by atoms with Crippen LogP contribution in [0, 0.1) is 0 Å². The molecule has 1 heterocycles. The highest BCUT2D eigenvalue weighted by Gasteiger charge is 2.11. The third-order valence-corrected chi connectivity index (χ3v) is 2.60. The molecule has 0 bridgehead atoms. The van der Waals surface area contributed by atoms with E-state index >= 15 is 0 Å². The summed E-state index contributed by atoms with van der Waals surface area (Å²) in [6.07, 6.45) is 0.799. The number of hydrogen-bond acceptors (Lipinski definition) is 4. The van der Waals surface area contributed by atoms with Crippen molar-refractivity contribution >= 4 is 16.9 Å². The van der Waals surface area contributed by atoms with Crippen LogP contribution in [-0.4, -0.2) is 24.2 Å². The van der Waals surface area contributed by atoms with E-state index in [0.717, 1.165) is 5.39 Å². The van der Waals surface area contributed by atoms with Crippen LogP contribution >= 0.6 is 0 Å². The van der Waals surface area contributed by atoms with Crippen LogP contribution in [0.2, 0.25) is 0 Å². The number of carbonyl (C=O) groups excluding carboxylic acids is 1. The first-order valence-corrected chi connectivity index (χ1v) is 5.92. The monoisotopic (exact) mass is 259 g/mol. The van der Waals surface area contributed by atoms with Gasteiger partial charge in [0, 0.05) is 23.4 Å². The van der Waals surface area contributed by atoms with Gasteiger partial charge in [0.2, 0.25) is 5.91 Å². The molecule has 7 nitrogen and oxygen atoms in total. The minimum Gasteiger partial charge on any atom is -0.356 e. The Hall–Kier alpha value is -2.53. The normalized spacial score (nSPS) is 10.1. The van der Waals surface area contributed by atoms with Gasteiger partial charge in [0.1, 0.15) is 5.69 Å². The van der Waals surface area contributed by atoms with Crippen molar-refractivity contribution in [1.82, 2.24) is 10.5 Å². The van der Waals surface area contributed by atoms with Crippen LogP contribution in [0.3, 0.4) is 0 Å². The summed E-state index contributed by atoms with van der Waals surface area (Å²) in [5.41, 5.74) is 9.40.